The molecule has 134 valence electrons. The molecule has 1 aromatic carbocycles. The molecule has 2 heterocycles. The van der Waals surface area contributed by atoms with Crippen molar-refractivity contribution in [3.05, 3.63) is 24.4 Å². The van der Waals surface area contributed by atoms with Crippen molar-refractivity contribution in [2.45, 2.75) is 39.3 Å². The molecule has 1 unspecified atom stereocenters. The lowest BCUT2D eigenvalue weighted by atomic mass is 10.2. The van der Waals surface area contributed by atoms with Gasteiger partial charge >= 0.3 is 6.09 Å². The van der Waals surface area contributed by atoms with Crippen LogP contribution >= 0.6 is 0 Å². The fraction of sp³-hybridized carbons (Fsp3) is 0.500. The highest BCUT2D eigenvalue weighted by Crippen LogP contribution is 2.22. The molecule has 0 saturated carbocycles. The Bertz CT molecular complexity index is 787. The molecule has 1 fully saturated rings. The first-order chi connectivity index (χ1) is 11.7. The van der Waals surface area contributed by atoms with Gasteiger partial charge in [-0.25, -0.2) is 9.78 Å². The van der Waals surface area contributed by atoms with E-state index in [-0.39, 0.29) is 12.1 Å². The third-order valence-electron chi connectivity index (χ3n) is 4.13. The highest BCUT2D eigenvalue weighted by Gasteiger charge is 2.30. The third kappa shape index (κ3) is 3.92. The zero-order chi connectivity index (χ0) is 18.2. The average Bonchev–Trinajstić information content (AvgIpc) is 2.52. The van der Waals surface area contributed by atoms with E-state index in [0.717, 1.165) is 16.9 Å². The lowest BCUT2D eigenvalue weighted by Gasteiger charge is -2.40. The van der Waals surface area contributed by atoms with Crippen LogP contribution in [0.25, 0.3) is 11.0 Å². The summed E-state index contributed by atoms with van der Waals surface area (Å²) >= 11 is 0. The molecule has 7 nitrogen and oxygen atoms in total. The maximum Gasteiger partial charge on any atom is 0.410 e. The van der Waals surface area contributed by atoms with Crippen LogP contribution < -0.4 is 10.6 Å². The molecule has 1 aromatic heterocycles. The van der Waals surface area contributed by atoms with Crippen LogP contribution in [-0.4, -0.2) is 52.2 Å². The molecular weight excluding hydrogens is 318 g/mol. The number of amides is 1. The monoisotopic (exact) mass is 343 g/mol. The number of hydrogen-bond donors (Lipinski definition) is 1. The van der Waals surface area contributed by atoms with Gasteiger partial charge in [0.2, 0.25) is 0 Å². The van der Waals surface area contributed by atoms with Gasteiger partial charge in [0.1, 0.15) is 11.4 Å². The van der Waals surface area contributed by atoms with Crippen LogP contribution in [0.15, 0.2) is 24.4 Å². The summed E-state index contributed by atoms with van der Waals surface area (Å²) in [5.74, 6) is 0.814. The molecule has 0 bridgehead atoms. The number of fused-ring (bicyclic) bond motifs is 1. The molecule has 0 aliphatic carbocycles. The average molecular weight is 343 g/mol. The molecule has 2 aromatic rings. The molecular formula is C18H25N5O2. The maximum absolute atomic E-state index is 12.3. The Morgan fingerprint density at radius 3 is 2.72 bits per heavy atom. The molecule has 1 amide bonds. The summed E-state index contributed by atoms with van der Waals surface area (Å²) in [7, 11) is 0. The molecule has 3 rings (SSSR count). The normalized spacial score (nSPS) is 18.5. The van der Waals surface area contributed by atoms with E-state index >= 15 is 0 Å². The molecule has 0 radical (unpaired) electrons. The van der Waals surface area contributed by atoms with Gasteiger partial charge in [-0.05, 0) is 45.9 Å². The second kappa shape index (κ2) is 6.38. The Balaban J connectivity index is 1.73. The van der Waals surface area contributed by atoms with Crippen LogP contribution in [0, 0.1) is 0 Å². The number of nitrogen functional groups attached to an aromatic ring is 1. The van der Waals surface area contributed by atoms with Gasteiger partial charge in [0.25, 0.3) is 0 Å². The predicted octanol–water partition coefficient (Wildman–Crippen LogP) is 2.66. The lowest BCUT2D eigenvalue weighted by molar-refractivity contribution is 0.0218. The first-order valence-electron chi connectivity index (χ1n) is 8.50. The Labute approximate surface area is 147 Å². The second-order valence-electron chi connectivity index (χ2n) is 7.45. The van der Waals surface area contributed by atoms with Crippen molar-refractivity contribution in [2.75, 3.05) is 30.3 Å². The van der Waals surface area contributed by atoms with Gasteiger partial charge < -0.3 is 20.3 Å². The Kier molecular flexibility index (Phi) is 4.41. The van der Waals surface area contributed by atoms with Crippen LogP contribution in [0.3, 0.4) is 0 Å². The van der Waals surface area contributed by atoms with Crippen molar-refractivity contribution >= 4 is 28.6 Å². The van der Waals surface area contributed by atoms with E-state index in [2.05, 4.69) is 16.8 Å². The van der Waals surface area contributed by atoms with Crippen LogP contribution in [0.1, 0.15) is 27.7 Å². The summed E-state index contributed by atoms with van der Waals surface area (Å²) in [4.78, 5) is 25.3. The van der Waals surface area contributed by atoms with Gasteiger partial charge in [-0.15, -0.1) is 0 Å². The van der Waals surface area contributed by atoms with E-state index in [4.69, 9.17) is 15.5 Å². The van der Waals surface area contributed by atoms with E-state index in [1.165, 1.54) is 0 Å². The van der Waals surface area contributed by atoms with E-state index in [1.807, 2.05) is 39.0 Å². The Morgan fingerprint density at radius 2 is 2.04 bits per heavy atom. The number of carbonyl (C=O) groups excluding carboxylic acids is 1. The minimum Gasteiger partial charge on any atom is -0.444 e. The molecule has 1 aliphatic heterocycles. The number of ether oxygens (including phenoxy) is 1. The molecule has 7 heteroatoms. The summed E-state index contributed by atoms with van der Waals surface area (Å²) < 4.78 is 5.46. The Hall–Kier alpha value is -2.57. The van der Waals surface area contributed by atoms with E-state index < -0.39 is 5.60 Å². The number of hydrogen-bond acceptors (Lipinski definition) is 6. The number of carbonyl (C=O) groups is 1. The SMILES string of the molecule is CC1CN(C(=O)OC(C)(C)C)CCN1c1cnc2cc(N)ccc2n1. The number of piperazine rings is 1. The minimum absolute atomic E-state index is 0.127. The summed E-state index contributed by atoms with van der Waals surface area (Å²) in [5.41, 5.74) is 7.57. The summed E-state index contributed by atoms with van der Waals surface area (Å²) in [6.07, 6.45) is 1.50. The van der Waals surface area contributed by atoms with Crippen molar-refractivity contribution in [3.8, 4) is 0 Å². The van der Waals surface area contributed by atoms with Gasteiger partial charge in [-0.1, -0.05) is 0 Å². The highest BCUT2D eigenvalue weighted by atomic mass is 16.6. The third-order valence-corrected chi connectivity index (χ3v) is 4.13. The van der Waals surface area contributed by atoms with E-state index in [0.29, 0.717) is 25.3 Å². The van der Waals surface area contributed by atoms with E-state index in [1.54, 1.807) is 11.1 Å². The van der Waals surface area contributed by atoms with Crippen LogP contribution in [0.4, 0.5) is 16.3 Å². The van der Waals surface area contributed by atoms with Crippen molar-refractivity contribution in [2.24, 2.45) is 0 Å². The first kappa shape index (κ1) is 17.3. The molecule has 1 aliphatic rings. The number of nitrogens with zero attached hydrogens (tertiary/aromatic N) is 4. The number of nitrogens with two attached hydrogens (primary N) is 1. The van der Waals surface area contributed by atoms with Crippen molar-refractivity contribution < 1.29 is 9.53 Å². The predicted molar refractivity (Wildman–Crippen MR) is 98.6 cm³/mol. The zero-order valence-electron chi connectivity index (χ0n) is 15.2. The number of anilines is 2. The summed E-state index contributed by atoms with van der Waals surface area (Å²) in [6.45, 7) is 9.59. The Morgan fingerprint density at radius 1 is 1.28 bits per heavy atom. The van der Waals surface area contributed by atoms with Gasteiger partial charge in [0.15, 0.2) is 0 Å². The van der Waals surface area contributed by atoms with Crippen LogP contribution in [0.5, 0.6) is 0 Å². The van der Waals surface area contributed by atoms with Gasteiger partial charge in [0, 0.05) is 31.4 Å². The fourth-order valence-electron chi connectivity index (χ4n) is 2.95. The molecule has 2 N–H and O–H groups in total. The van der Waals surface area contributed by atoms with E-state index in [9.17, 15) is 4.79 Å². The standard InChI is InChI=1S/C18H25N5O2/c1-12-11-22(17(24)25-18(2,3)4)7-8-23(12)16-10-20-15-9-13(19)5-6-14(15)21-16/h5-6,9-10,12H,7-8,11,19H2,1-4H3. The van der Waals surface area contributed by atoms with Crippen molar-refractivity contribution in [3.63, 3.8) is 0 Å². The fourth-order valence-corrected chi connectivity index (χ4v) is 2.95. The minimum atomic E-state index is -0.483. The zero-order valence-corrected chi connectivity index (χ0v) is 15.2. The number of benzene rings is 1. The number of rotatable bonds is 1. The number of aromatic nitrogens is 2. The van der Waals surface area contributed by atoms with Crippen molar-refractivity contribution in [1.29, 1.82) is 0 Å². The van der Waals surface area contributed by atoms with Gasteiger partial charge in [-0.2, -0.15) is 0 Å². The molecule has 25 heavy (non-hydrogen) atoms. The van der Waals surface area contributed by atoms with Crippen molar-refractivity contribution in [1.82, 2.24) is 14.9 Å². The first-order valence-corrected chi connectivity index (χ1v) is 8.50. The quantitative estimate of drug-likeness (QED) is 0.801. The molecule has 0 spiro atoms. The highest BCUT2D eigenvalue weighted by molar-refractivity contribution is 5.79. The second-order valence-corrected chi connectivity index (χ2v) is 7.45. The topological polar surface area (TPSA) is 84.6 Å². The summed E-state index contributed by atoms with van der Waals surface area (Å²) in [6, 6.07) is 5.64. The largest absolute Gasteiger partial charge is 0.444 e. The van der Waals surface area contributed by atoms with Gasteiger partial charge in [0.05, 0.1) is 17.2 Å². The van der Waals surface area contributed by atoms with Crippen LogP contribution in [-0.2, 0) is 4.74 Å². The van der Waals surface area contributed by atoms with Crippen LogP contribution in [0.2, 0.25) is 0 Å². The molecule has 1 atom stereocenters. The maximum atomic E-state index is 12.3. The van der Waals surface area contributed by atoms with Gasteiger partial charge in [-0.3, -0.25) is 4.98 Å². The summed E-state index contributed by atoms with van der Waals surface area (Å²) in [5, 5.41) is 0. The smallest absolute Gasteiger partial charge is 0.410 e. The molecule has 1 saturated heterocycles. The lowest BCUT2D eigenvalue weighted by Crippen LogP contribution is -2.54.